The number of hydrogen-bond donors (Lipinski definition) is 1. The molecule has 2 aromatic carbocycles. The maximum Gasteiger partial charge on any atom is 0.318 e. The molecular formula is C18H20N2O. The Labute approximate surface area is 125 Å². The average molecular weight is 280 g/mol. The first kappa shape index (κ1) is 13.7. The van der Waals surface area contributed by atoms with E-state index >= 15 is 0 Å². The predicted octanol–water partition coefficient (Wildman–Crippen LogP) is 3.52. The lowest BCUT2D eigenvalue weighted by Gasteiger charge is -2.27. The first-order chi connectivity index (χ1) is 10.2. The molecular weight excluding hydrogens is 260 g/mol. The van der Waals surface area contributed by atoms with Gasteiger partial charge in [-0.3, -0.25) is 0 Å². The van der Waals surface area contributed by atoms with Crippen LogP contribution in [0.2, 0.25) is 0 Å². The van der Waals surface area contributed by atoms with Gasteiger partial charge in [0.25, 0.3) is 0 Å². The van der Waals surface area contributed by atoms with Crippen molar-refractivity contribution in [3.05, 3.63) is 71.8 Å². The second-order valence-corrected chi connectivity index (χ2v) is 5.57. The molecule has 1 N–H and O–H groups in total. The maximum absolute atomic E-state index is 12.3. The highest BCUT2D eigenvalue weighted by atomic mass is 16.2. The number of carbonyl (C=O) groups excluding carboxylic acids is 1. The topological polar surface area (TPSA) is 32.3 Å². The normalized spacial score (nSPS) is 21.4. The number of rotatable bonds is 4. The molecule has 0 aromatic heterocycles. The van der Waals surface area contributed by atoms with Crippen molar-refractivity contribution < 1.29 is 4.79 Å². The van der Waals surface area contributed by atoms with Crippen molar-refractivity contribution in [1.82, 2.24) is 10.2 Å². The second-order valence-electron chi connectivity index (χ2n) is 5.57. The van der Waals surface area contributed by atoms with Gasteiger partial charge in [0, 0.05) is 6.54 Å². The van der Waals surface area contributed by atoms with Gasteiger partial charge in [-0.25, -0.2) is 4.79 Å². The van der Waals surface area contributed by atoms with E-state index in [1.165, 1.54) is 5.56 Å². The summed E-state index contributed by atoms with van der Waals surface area (Å²) in [4.78, 5) is 14.2. The molecule has 0 bridgehead atoms. The summed E-state index contributed by atoms with van der Waals surface area (Å²) < 4.78 is 0. The molecule has 2 aromatic rings. The van der Waals surface area contributed by atoms with Gasteiger partial charge in [0.1, 0.15) is 0 Å². The van der Waals surface area contributed by atoms with Crippen molar-refractivity contribution in [3.8, 4) is 0 Å². The van der Waals surface area contributed by atoms with Gasteiger partial charge in [-0.05, 0) is 17.5 Å². The summed E-state index contributed by atoms with van der Waals surface area (Å²) in [6.07, 6.45) is 0.883. The van der Waals surface area contributed by atoms with Gasteiger partial charge < -0.3 is 10.2 Å². The molecule has 1 fully saturated rings. The van der Waals surface area contributed by atoms with Gasteiger partial charge in [0.05, 0.1) is 12.1 Å². The molecule has 1 aliphatic rings. The summed E-state index contributed by atoms with van der Waals surface area (Å²) in [7, 11) is 0. The highest BCUT2D eigenvalue weighted by Gasteiger charge is 2.42. The maximum atomic E-state index is 12.3. The summed E-state index contributed by atoms with van der Waals surface area (Å²) in [6.45, 7) is 3.49. The van der Waals surface area contributed by atoms with Gasteiger partial charge in [-0.2, -0.15) is 0 Å². The Kier molecular flexibility index (Phi) is 3.65. The predicted molar refractivity (Wildman–Crippen MR) is 83.8 cm³/mol. The van der Waals surface area contributed by atoms with Gasteiger partial charge in [0.2, 0.25) is 0 Å². The number of carbonyl (C=O) groups is 1. The number of hydrogen-bond acceptors (Lipinski definition) is 1. The lowest BCUT2D eigenvalue weighted by molar-refractivity contribution is 0.215. The zero-order chi connectivity index (χ0) is 14.7. The first-order valence-corrected chi connectivity index (χ1v) is 7.40. The van der Waals surface area contributed by atoms with Crippen LogP contribution in [0.25, 0.3) is 0 Å². The van der Waals surface area contributed by atoms with E-state index in [1.807, 2.05) is 41.3 Å². The van der Waals surface area contributed by atoms with Crippen molar-refractivity contribution >= 4 is 6.03 Å². The van der Waals surface area contributed by atoms with E-state index in [1.54, 1.807) is 0 Å². The van der Waals surface area contributed by atoms with Crippen LogP contribution in [-0.2, 0) is 12.1 Å². The molecule has 0 saturated carbocycles. The minimum Gasteiger partial charge on any atom is -0.327 e. The van der Waals surface area contributed by atoms with Crippen LogP contribution in [0, 0.1) is 0 Å². The fourth-order valence-electron chi connectivity index (χ4n) is 2.98. The molecule has 0 spiro atoms. The molecule has 0 aliphatic carbocycles. The van der Waals surface area contributed by atoms with Crippen LogP contribution < -0.4 is 5.32 Å². The second kappa shape index (κ2) is 5.60. The zero-order valence-corrected chi connectivity index (χ0v) is 12.3. The average Bonchev–Trinajstić information content (AvgIpc) is 2.87. The first-order valence-electron chi connectivity index (χ1n) is 7.40. The Morgan fingerprint density at radius 3 is 2.29 bits per heavy atom. The van der Waals surface area contributed by atoms with Crippen molar-refractivity contribution in [2.75, 3.05) is 6.54 Å². The van der Waals surface area contributed by atoms with E-state index in [0.717, 1.165) is 12.0 Å². The fraction of sp³-hybridized carbons (Fsp3) is 0.278. The molecule has 2 amide bonds. The summed E-state index contributed by atoms with van der Waals surface area (Å²) >= 11 is 0. The van der Waals surface area contributed by atoms with E-state index in [4.69, 9.17) is 0 Å². The minimum absolute atomic E-state index is 0.0181. The Bertz CT molecular complexity index is 612. The van der Waals surface area contributed by atoms with Crippen LogP contribution in [0.5, 0.6) is 0 Å². The number of benzene rings is 2. The molecule has 3 nitrogen and oxygen atoms in total. The van der Waals surface area contributed by atoms with Crippen LogP contribution in [0.4, 0.5) is 4.79 Å². The SMILES string of the molecule is CCC1(c2ccccc2)CN(Cc2ccccc2)C(=O)N1. The summed E-state index contributed by atoms with van der Waals surface area (Å²) in [6, 6.07) is 20.4. The van der Waals surface area contributed by atoms with Crippen LogP contribution >= 0.6 is 0 Å². The van der Waals surface area contributed by atoms with E-state index in [-0.39, 0.29) is 11.6 Å². The number of amides is 2. The number of nitrogens with one attached hydrogen (secondary N) is 1. The van der Waals surface area contributed by atoms with Crippen LogP contribution in [0.1, 0.15) is 24.5 Å². The smallest absolute Gasteiger partial charge is 0.318 e. The Balaban J connectivity index is 1.83. The number of nitrogens with zero attached hydrogens (tertiary/aromatic N) is 1. The third-order valence-electron chi connectivity index (χ3n) is 4.24. The van der Waals surface area contributed by atoms with E-state index < -0.39 is 0 Å². The standard InChI is InChI=1S/C18H20N2O/c1-2-18(16-11-7-4-8-12-16)14-20(17(21)19-18)13-15-9-5-3-6-10-15/h3-12H,2,13-14H2,1H3,(H,19,21). The minimum atomic E-state index is -0.271. The highest BCUT2D eigenvalue weighted by Crippen LogP contribution is 2.31. The van der Waals surface area contributed by atoms with Gasteiger partial charge in [-0.1, -0.05) is 67.6 Å². The van der Waals surface area contributed by atoms with Gasteiger partial charge in [-0.15, -0.1) is 0 Å². The molecule has 1 heterocycles. The third kappa shape index (κ3) is 2.64. The van der Waals surface area contributed by atoms with Gasteiger partial charge in [0.15, 0.2) is 0 Å². The lowest BCUT2D eigenvalue weighted by atomic mass is 9.88. The molecule has 1 atom stereocenters. The molecule has 3 heteroatoms. The van der Waals surface area contributed by atoms with Crippen LogP contribution in [0.3, 0.4) is 0 Å². The van der Waals surface area contributed by atoms with Crippen LogP contribution in [0.15, 0.2) is 60.7 Å². The van der Waals surface area contributed by atoms with Gasteiger partial charge >= 0.3 is 6.03 Å². The molecule has 0 radical (unpaired) electrons. The van der Waals surface area contributed by atoms with Crippen LogP contribution in [-0.4, -0.2) is 17.5 Å². The molecule has 1 aliphatic heterocycles. The molecule has 1 unspecified atom stereocenters. The number of urea groups is 1. The largest absolute Gasteiger partial charge is 0.327 e. The van der Waals surface area contributed by atoms with Crippen molar-refractivity contribution in [1.29, 1.82) is 0 Å². The summed E-state index contributed by atoms with van der Waals surface area (Å²) in [5, 5.41) is 3.19. The Morgan fingerprint density at radius 2 is 1.67 bits per heavy atom. The van der Waals surface area contributed by atoms with E-state index in [0.29, 0.717) is 13.1 Å². The van der Waals surface area contributed by atoms with E-state index in [9.17, 15) is 4.79 Å². The Morgan fingerprint density at radius 1 is 1.05 bits per heavy atom. The lowest BCUT2D eigenvalue weighted by Crippen LogP contribution is -2.39. The van der Waals surface area contributed by atoms with Crippen molar-refractivity contribution in [2.24, 2.45) is 0 Å². The summed E-state index contributed by atoms with van der Waals surface area (Å²) in [5.41, 5.74) is 2.07. The van der Waals surface area contributed by atoms with Crippen molar-refractivity contribution in [2.45, 2.75) is 25.4 Å². The molecule has 21 heavy (non-hydrogen) atoms. The quantitative estimate of drug-likeness (QED) is 0.913. The summed E-state index contributed by atoms with van der Waals surface area (Å²) in [5.74, 6) is 0. The molecule has 1 saturated heterocycles. The fourth-order valence-corrected chi connectivity index (χ4v) is 2.98. The molecule has 3 rings (SSSR count). The van der Waals surface area contributed by atoms with Crippen molar-refractivity contribution in [3.63, 3.8) is 0 Å². The molecule has 108 valence electrons. The monoisotopic (exact) mass is 280 g/mol. The van der Waals surface area contributed by atoms with E-state index in [2.05, 4.69) is 36.5 Å². The highest BCUT2D eigenvalue weighted by molar-refractivity contribution is 5.78. The third-order valence-corrected chi connectivity index (χ3v) is 4.24. The Hall–Kier alpha value is -2.29. The zero-order valence-electron chi connectivity index (χ0n) is 12.3.